The highest BCUT2D eigenvalue weighted by molar-refractivity contribution is 6.00. The summed E-state index contributed by atoms with van der Waals surface area (Å²) in [5.74, 6) is 0.357. The molecule has 0 radical (unpaired) electrons. The van der Waals surface area contributed by atoms with E-state index in [0.29, 0.717) is 31.8 Å². The van der Waals surface area contributed by atoms with Gasteiger partial charge in [-0.15, -0.1) is 0 Å². The molecule has 0 unspecified atom stereocenters. The number of aromatic nitrogens is 1. The van der Waals surface area contributed by atoms with Crippen LogP contribution in [0.25, 0.3) is 10.9 Å². The highest BCUT2D eigenvalue weighted by atomic mass is 16.5. The van der Waals surface area contributed by atoms with Crippen molar-refractivity contribution in [1.82, 2.24) is 9.88 Å². The number of hydrogen-bond donors (Lipinski definition) is 1. The summed E-state index contributed by atoms with van der Waals surface area (Å²) in [5.41, 5.74) is 3.15. The second-order valence-electron chi connectivity index (χ2n) is 5.19. The number of nitrogens with one attached hydrogen (secondary N) is 1. The number of carbonyl (C=O) groups is 2. The molecule has 0 atom stereocenters. The normalized spacial score (nSPS) is 13.8. The van der Waals surface area contributed by atoms with Gasteiger partial charge in [-0.05, 0) is 31.0 Å². The van der Waals surface area contributed by atoms with Gasteiger partial charge < -0.3 is 19.4 Å². The molecule has 116 valence electrons. The van der Waals surface area contributed by atoms with E-state index >= 15 is 0 Å². The fourth-order valence-corrected chi connectivity index (χ4v) is 3.02. The molecule has 1 aliphatic rings. The van der Waals surface area contributed by atoms with Gasteiger partial charge in [-0.2, -0.15) is 0 Å². The van der Waals surface area contributed by atoms with E-state index < -0.39 is 0 Å². The molecule has 0 saturated heterocycles. The van der Waals surface area contributed by atoms with Gasteiger partial charge in [0.2, 0.25) is 6.41 Å². The van der Waals surface area contributed by atoms with Gasteiger partial charge in [-0.1, -0.05) is 0 Å². The fourth-order valence-electron chi connectivity index (χ4n) is 3.02. The highest BCUT2D eigenvalue weighted by Crippen LogP contribution is 2.35. The number of nitrogens with zero attached hydrogens (tertiary/aromatic N) is 1. The lowest BCUT2D eigenvalue weighted by Gasteiger charge is -2.16. The Balaban J connectivity index is 2.23. The third-order valence-electron chi connectivity index (χ3n) is 3.99. The molecular weight excluding hydrogens is 284 g/mol. The summed E-state index contributed by atoms with van der Waals surface area (Å²) in [5, 5.41) is 0.965. The Bertz CT molecular complexity index is 735. The van der Waals surface area contributed by atoms with Crippen molar-refractivity contribution >= 4 is 23.3 Å². The van der Waals surface area contributed by atoms with Crippen molar-refractivity contribution < 1.29 is 19.1 Å². The number of esters is 1. The third-order valence-corrected chi connectivity index (χ3v) is 3.99. The average molecular weight is 302 g/mol. The smallest absolute Gasteiger partial charge is 0.355 e. The predicted octanol–water partition coefficient (Wildman–Crippen LogP) is 1.87. The van der Waals surface area contributed by atoms with Crippen LogP contribution in [0.15, 0.2) is 12.1 Å². The number of methoxy groups -OCH3 is 1. The summed E-state index contributed by atoms with van der Waals surface area (Å²) in [4.78, 5) is 28.2. The molecule has 2 aromatic rings. The van der Waals surface area contributed by atoms with Gasteiger partial charge in [-0.3, -0.25) is 4.79 Å². The summed E-state index contributed by atoms with van der Waals surface area (Å²) in [6, 6.07) is 3.74. The van der Waals surface area contributed by atoms with Gasteiger partial charge in [0.1, 0.15) is 11.4 Å². The summed E-state index contributed by atoms with van der Waals surface area (Å²) in [6.07, 6.45) is 1.44. The third kappa shape index (κ3) is 2.20. The molecular formula is C16H18N2O4. The van der Waals surface area contributed by atoms with Crippen LogP contribution in [0, 0.1) is 0 Å². The zero-order chi connectivity index (χ0) is 15.7. The van der Waals surface area contributed by atoms with Gasteiger partial charge in [0.05, 0.1) is 13.7 Å². The van der Waals surface area contributed by atoms with Crippen LogP contribution >= 0.6 is 0 Å². The van der Waals surface area contributed by atoms with Gasteiger partial charge >= 0.3 is 5.97 Å². The Morgan fingerprint density at radius 1 is 1.41 bits per heavy atom. The number of hydrogen-bond acceptors (Lipinski definition) is 4. The van der Waals surface area contributed by atoms with Crippen molar-refractivity contribution in [2.45, 2.75) is 19.9 Å². The molecule has 6 nitrogen and oxygen atoms in total. The average Bonchev–Trinajstić information content (AvgIpc) is 2.78. The standard InChI is InChI=1S/C16H18N2O4/c1-3-22-16(20)15-10-6-7-18(9-19)8-11-13(21-2)5-4-12(17-15)14(10)11/h4-5,9,17H,3,6-8H2,1-2H3. The summed E-state index contributed by atoms with van der Waals surface area (Å²) in [6.45, 7) is 3.13. The minimum absolute atomic E-state index is 0.324. The van der Waals surface area contributed by atoms with E-state index in [-0.39, 0.29) is 5.97 Å². The zero-order valence-electron chi connectivity index (χ0n) is 12.6. The molecule has 2 heterocycles. The van der Waals surface area contributed by atoms with Crippen LogP contribution in [-0.2, 0) is 22.5 Å². The first kappa shape index (κ1) is 14.4. The Labute approximate surface area is 128 Å². The van der Waals surface area contributed by atoms with E-state index in [0.717, 1.165) is 34.2 Å². The fraction of sp³-hybridized carbons (Fsp3) is 0.375. The summed E-state index contributed by atoms with van der Waals surface area (Å²) in [7, 11) is 1.60. The van der Waals surface area contributed by atoms with Gasteiger partial charge in [0, 0.05) is 29.6 Å². The number of rotatable bonds is 4. The Morgan fingerprint density at radius 2 is 2.23 bits per heavy atom. The molecule has 1 aromatic carbocycles. The van der Waals surface area contributed by atoms with Crippen LogP contribution < -0.4 is 4.74 Å². The number of ether oxygens (including phenoxy) is 2. The Kier molecular flexibility index (Phi) is 3.75. The molecule has 1 aliphatic heterocycles. The molecule has 1 amide bonds. The molecule has 0 aliphatic carbocycles. The molecule has 22 heavy (non-hydrogen) atoms. The Hall–Kier alpha value is -2.50. The molecule has 1 N–H and O–H groups in total. The second kappa shape index (κ2) is 5.71. The van der Waals surface area contributed by atoms with Crippen molar-refractivity contribution in [3.63, 3.8) is 0 Å². The van der Waals surface area contributed by atoms with Crippen LogP contribution in [-0.4, -0.2) is 42.5 Å². The number of aromatic amines is 1. The van der Waals surface area contributed by atoms with E-state index in [1.165, 1.54) is 0 Å². The highest BCUT2D eigenvalue weighted by Gasteiger charge is 2.26. The molecule has 0 bridgehead atoms. The summed E-state index contributed by atoms with van der Waals surface area (Å²) >= 11 is 0. The quantitative estimate of drug-likeness (QED) is 0.691. The minimum Gasteiger partial charge on any atom is -0.496 e. The first-order valence-electron chi connectivity index (χ1n) is 7.26. The molecule has 1 aromatic heterocycles. The monoisotopic (exact) mass is 302 g/mol. The largest absolute Gasteiger partial charge is 0.496 e. The molecule has 0 spiro atoms. The van der Waals surface area contributed by atoms with Gasteiger partial charge in [0.25, 0.3) is 0 Å². The van der Waals surface area contributed by atoms with Gasteiger partial charge in [-0.25, -0.2) is 4.79 Å². The van der Waals surface area contributed by atoms with E-state index in [9.17, 15) is 9.59 Å². The molecule has 3 rings (SSSR count). The first-order chi connectivity index (χ1) is 10.7. The van der Waals surface area contributed by atoms with Crippen molar-refractivity contribution in [3.8, 4) is 5.75 Å². The lowest BCUT2D eigenvalue weighted by Crippen LogP contribution is -2.23. The number of benzene rings is 1. The van der Waals surface area contributed by atoms with E-state index in [1.54, 1.807) is 18.9 Å². The van der Waals surface area contributed by atoms with Crippen molar-refractivity contribution in [2.75, 3.05) is 20.3 Å². The van der Waals surface area contributed by atoms with Crippen LogP contribution in [0.2, 0.25) is 0 Å². The van der Waals surface area contributed by atoms with Crippen LogP contribution in [0.1, 0.15) is 28.5 Å². The molecule has 6 heteroatoms. The summed E-state index contributed by atoms with van der Waals surface area (Å²) < 4.78 is 10.6. The van der Waals surface area contributed by atoms with Crippen molar-refractivity contribution in [3.05, 3.63) is 29.0 Å². The SMILES string of the molecule is CCOC(=O)c1[nH]c2ccc(OC)c3c2c1CCN(C=O)C3. The number of amides is 1. The lowest BCUT2D eigenvalue weighted by atomic mass is 10.0. The van der Waals surface area contributed by atoms with E-state index in [4.69, 9.17) is 9.47 Å². The Morgan fingerprint density at radius 3 is 2.91 bits per heavy atom. The number of H-pyrrole nitrogens is 1. The minimum atomic E-state index is -0.363. The second-order valence-corrected chi connectivity index (χ2v) is 5.19. The van der Waals surface area contributed by atoms with Crippen molar-refractivity contribution in [2.24, 2.45) is 0 Å². The van der Waals surface area contributed by atoms with Crippen LogP contribution in [0.5, 0.6) is 5.75 Å². The molecule has 0 saturated carbocycles. The maximum absolute atomic E-state index is 12.2. The van der Waals surface area contributed by atoms with Crippen LogP contribution in [0.4, 0.5) is 0 Å². The van der Waals surface area contributed by atoms with E-state index in [2.05, 4.69) is 4.98 Å². The van der Waals surface area contributed by atoms with Crippen LogP contribution in [0.3, 0.4) is 0 Å². The number of carbonyl (C=O) groups excluding carboxylic acids is 2. The zero-order valence-corrected chi connectivity index (χ0v) is 12.6. The molecule has 0 fully saturated rings. The topological polar surface area (TPSA) is 71.6 Å². The predicted molar refractivity (Wildman–Crippen MR) is 81.0 cm³/mol. The van der Waals surface area contributed by atoms with Crippen molar-refractivity contribution in [1.29, 1.82) is 0 Å². The maximum atomic E-state index is 12.2. The maximum Gasteiger partial charge on any atom is 0.355 e. The van der Waals surface area contributed by atoms with Gasteiger partial charge in [0.15, 0.2) is 0 Å². The van der Waals surface area contributed by atoms with E-state index in [1.807, 2.05) is 12.1 Å². The first-order valence-corrected chi connectivity index (χ1v) is 7.26. The lowest BCUT2D eigenvalue weighted by molar-refractivity contribution is -0.118.